The Hall–Kier alpha value is -2.56. The van der Waals surface area contributed by atoms with Gasteiger partial charge in [0.05, 0.1) is 0 Å². The molecule has 1 saturated carbocycles. The lowest BCUT2D eigenvalue weighted by molar-refractivity contribution is -0.135. The first-order valence-electron chi connectivity index (χ1n) is 10.0. The molecule has 1 heterocycles. The summed E-state index contributed by atoms with van der Waals surface area (Å²) >= 11 is 0. The number of anilines is 1. The van der Waals surface area contributed by atoms with E-state index >= 15 is 0 Å². The SMILES string of the molecule is O=C(Nc1ccc2ccccc2c1)N1CCCN(C(=O)C2CCCC2)CC1. The Kier molecular flexibility index (Phi) is 5.28. The summed E-state index contributed by atoms with van der Waals surface area (Å²) in [6.45, 7) is 2.68. The molecule has 1 aliphatic carbocycles. The molecule has 0 spiro atoms. The first kappa shape index (κ1) is 17.8. The van der Waals surface area contributed by atoms with Gasteiger partial charge in [-0.05, 0) is 42.2 Å². The zero-order valence-corrected chi connectivity index (χ0v) is 15.7. The zero-order valence-electron chi connectivity index (χ0n) is 15.7. The highest BCUT2D eigenvalue weighted by atomic mass is 16.2. The van der Waals surface area contributed by atoms with Crippen LogP contribution in [-0.4, -0.2) is 47.9 Å². The van der Waals surface area contributed by atoms with Crippen molar-refractivity contribution in [3.05, 3.63) is 42.5 Å². The van der Waals surface area contributed by atoms with Crippen LogP contribution >= 0.6 is 0 Å². The van der Waals surface area contributed by atoms with E-state index in [0.29, 0.717) is 25.5 Å². The van der Waals surface area contributed by atoms with Crippen molar-refractivity contribution >= 4 is 28.4 Å². The van der Waals surface area contributed by atoms with Crippen molar-refractivity contribution in [1.29, 1.82) is 0 Å². The minimum Gasteiger partial charge on any atom is -0.341 e. The summed E-state index contributed by atoms with van der Waals surface area (Å²) in [5.74, 6) is 0.507. The van der Waals surface area contributed by atoms with Crippen molar-refractivity contribution in [1.82, 2.24) is 9.80 Å². The highest BCUT2D eigenvalue weighted by molar-refractivity contribution is 5.93. The monoisotopic (exact) mass is 365 g/mol. The zero-order chi connectivity index (χ0) is 18.6. The van der Waals surface area contributed by atoms with Crippen LogP contribution in [0.2, 0.25) is 0 Å². The van der Waals surface area contributed by atoms with Gasteiger partial charge in [-0.1, -0.05) is 43.2 Å². The molecule has 0 aromatic heterocycles. The van der Waals surface area contributed by atoms with Gasteiger partial charge in [0.15, 0.2) is 0 Å². The summed E-state index contributed by atoms with van der Waals surface area (Å²) < 4.78 is 0. The molecule has 27 heavy (non-hydrogen) atoms. The van der Waals surface area contributed by atoms with Gasteiger partial charge in [-0.3, -0.25) is 4.79 Å². The van der Waals surface area contributed by atoms with E-state index in [2.05, 4.69) is 11.4 Å². The average Bonchev–Trinajstić information content (AvgIpc) is 3.11. The Balaban J connectivity index is 1.36. The van der Waals surface area contributed by atoms with Gasteiger partial charge in [0, 0.05) is 37.8 Å². The molecule has 5 nitrogen and oxygen atoms in total. The molecule has 0 bridgehead atoms. The summed E-state index contributed by atoms with van der Waals surface area (Å²) in [7, 11) is 0. The van der Waals surface area contributed by atoms with Crippen LogP contribution in [0.4, 0.5) is 10.5 Å². The van der Waals surface area contributed by atoms with E-state index in [4.69, 9.17) is 0 Å². The number of amides is 3. The van der Waals surface area contributed by atoms with Crippen LogP contribution in [-0.2, 0) is 4.79 Å². The van der Waals surface area contributed by atoms with E-state index in [1.807, 2.05) is 46.2 Å². The van der Waals surface area contributed by atoms with E-state index in [1.165, 1.54) is 12.8 Å². The standard InChI is InChI=1S/C22H27N3O2/c26-21(18-7-2-3-8-18)24-12-5-13-25(15-14-24)22(27)23-20-11-10-17-6-1-4-9-19(17)16-20/h1,4,6,9-11,16,18H,2-3,5,7-8,12-15H2,(H,23,27). The average molecular weight is 365 g/mol. The number of carbonyl (C=O) groups is 2. The molecule has 0 atom stereocenters. The predicted octanol–water partition coefficient (Wildman–Crippen LogP) is 4.10. The normalized spacial score (nSPS) is 18.5. The fourth-order valence-corrected chi connectivity index (χ4v) is 4.24. The molecule has 3 amide bonds. The molecule has 5 heteroatoms. The quantitative estimate of drug-likeness (QED) is 0.871. The molecule has 4 rings (SSSR count). The minimum atomic E-state index is -0.0829. The van der Waals surface area contributed by atoms with Crippen LogP contribution in [0.3, 0.4) is 0 Å². The first-order valence-corrected chi connectivity index (χ1v) is 10.0. The molecule has 0 unspecified atom stereocenters. The van der Waals surface area contributed by atoms with E-state index in [0.717, 1.165) is 42.3 Å². The first-order chi connectivity index (χ1) is 13.2. The molecule has 0 radical (unpaired) electrons. The molecule has 2 aromatic carbocycles. The van der Waals surface area contributed by atoms with Crippen molar-refractivity contribution in [3.63, 3.8) is 0 Å². The van der Waals surface area contributed by atoms with E-state index in [9.17, 15) is 9.59 Å². The fraction of sp³-hybridized carbons (Fsp3) is 0.455. The number of rotatable bonds is 2. The summed E-state index contributed by atoms with van der Waals surface area (Å²) in [5.41, 5.74) is 0.807. The highest BCUT2D eigenvalue weighted by Crippen LogP contribution is 2.27. The third-order valence-electron chi connectivity index (χ3n) is 5.80. The van der Waals surface area contributed by atoms with Gasteiger partial charge in [0.25, 0.3) is 0 Å². The molecular weight excluding hydrogens is 338 g/mol. The van der Waals surface area contributed by atoms with Gasteiger partial charge in [-0.2, -0.15) is 0 Å². The van der Waals surface area contributed by atoms with Crippen molar-refractivity contribution in [2.75, 3.05) is 31.5 Å². The van der Waals surface area contributed by atoms with Crippen molar-refractivity contribution in [2.24, 2.45) is 5.92 Å². The number of benzene rings is 2. The number of urea groups is 1. The maximum absolute atomic E-state index is 12.7. The third-order valence-corrected chi connectivity index (χ3v) is 5.80. The molecule has 2 fully saturated rings. The Morgan fingerprint density at radius 1 is 0.815 bits per heavy atom. The van der Waals surface area contributed by atoms with Crippen LogP contribution in [0.1, 0.15) is 32.1 Å². The third kappa shape index (κ3) is 4.07. The van der Waals surface area contributed by atoms with Crippen molar-refractivity contribution in [2.45, 2.75) is 32.1 Å². The van der Waals surface area contributed by atoms with Crippen LogP contribution in [0.25, 0.3) is 10.8 Å². The second-order valence-electron chi connectivity index (χ2n) is 7.64. The Labute approximate surface area is 160 Å². The number of hydrogen-bond acceptors (Lipinski definition) is 2. The second-order valence-corrected chi connectivity index (χ2v) is 7.64. The molecule has 2 aromatic rings. The summed E-state index contributed by atoms with van der Waals surface area (Å²) in [6, 6.07) is 14.0. The fourth-order valence-electron chi connectivity index (χ4n) is 4.24. The van der Waals surface area contributed by atoms with Crippen molar-refractivity contribution in [3.8, 4) is 0 Å². The lowest BCUT2D eigenvalue weighted by atomic mass is 10.1. The second kappa shape index (κ2) is 7.99. The highest BCUT2D eigenvalue weighted by Gasteiger charge is 2.29. The topological polar surface area (TPSA) is 52.7 Å². The molecule has 1 N–H and O–H groups in total. The summed E-state index contributed by atoms with van der Waals surface area (Å²) in [5, 5.41) is 5.28. The van der Waals surface area contributed by atoms with Gasteiger partial charge in [0.1, 0.15) is 0 Å². The van der Waals surface area contributed by atoms with Crippen molar-refractivity contribution < 1.29 is 9.59 Å². The van der Waals surface area contributed by atoms with Gasteiger partial charge in [-0.25, -0.2) is 4.79 Å². The lowest BCUT2D eigenvalue weighted by Gasteiger charge is -2.24. The van der Waals surface area contributed by atoms with Crippen LogP contribution < -0.4 is 5.32 Å². The molecule has 1 saturated heterocycles. The maximum Gasteiger partial charge on any atom is 0.321 e. The number of hydrogen-bond donors (Lipinski definition) is 1. The Morgan fingerprint density at radius 2 is 1.52 bits per heavy atom. The molecular formula is C22H27N3O2. The molecule has 2 aliphatic rings. The van der Waals surface area contributed by atoms with Gasteiger partial charge >= 0.3 is 6.03 Å². The van der Waals surface area contributed by atoms with Crippen LogP contribution in [0.5, 0.6) is 0 Å². The van der Waals surface area contributed by atoms with Gasteiger partial charge in [-0.15, -0.1) is 0 Å². The van der Waals surface area contributed by atoms with E-state index in [-0.39, 0.29) is 11.9 Å². The predicted molar refractivity (Wildman–Crippen MR) is 108 cm³/mol. The molecule has 1 aliphatic heterocycles. The Morgan fingerprint density at radius 3 is 2.33 bits per heavy atom. The van der Waals surface area contributed by atoms with E-state index < -0.39 is 0 Å². The van der Waals surface area contributed by atoms with Gasteiger partial charge in [0.2, 0.25) is 5.91 Å². The number of carbonyl (C=O) groups excluding carboxylic acids is 2. The maximum atomic E-state index is 12.7. The van der Waals surface area contributed by atoms with Crippen LogP contribution in [0.15, 0.2) is 42.5 Å². The summed E-state index contributed by atoms with van der Waals surface area (Å²) in [4.78, 5) is 29.2. The van der Waals surface area contributed by atoms with Crippen LogP contribution in [0, 0.1) is 5.92 Å². The lowest BCUT2D eigenvalue weighted by Crippen LogP contribution is -2.40. The van der Waals surface area contributed by atoms with Gasteiger partial charge < -0.3 is 15.1 Å². The number of nitrogens with zero attached hydrogens (tertiary/aromatic N) is 2. The summed E-state index contributed by atoms with van der Waals surface area (Å²) in [6.07, 6.45) is 5.24. The number of fused-ring (bicyclic) bond motifs is 1. The van der Waals surface area contributed by atoms with E-state index in [1.54, 1.807) is 0 Å². The molecule has 142 valence electrons. The Bertz CT molecular complexity index is 829. The smallest absolute Gasteiger partial charge is 0.321 e. The number of nitrogens with one attached hydrogen (secondary N) is 1. The largest absolute Gasteiger partial charge is 0.341 e. The minimum absolute atomic E-state index is 0.0829.